The molecule has 0 radical (unpaired) electrons. The molecule has 11 nitrogen and oxygen atoms in total. The van der Waals surface area contributed by atoms with Gasteiger partial charge in [0, 0.05) is 6.42 Å². The Labute approximate surface area is 328 Å². The smallest absolute Gasteiger partial charge is 0.408 e. The molecule has 0 unspecified atom stereocenters. The standard InChI is InChI=1S/C45H51N3O8/c1-3-14-37(28-42(50)46-38(29-49)26-34-22-24-40(25-23-34)54-30-35-18-10-6-11-19-35)43(51)47-39(27-33-16-8-5-9-17-33)32-55-44(52)41(15-4-2)48-45(53)56-31-36-20-12-7-13-21-36/h3-13,16-25,37-39,41,49H,1-2,14-15,26-32H2,(H,46,50)(H,47,51)(H,48,53)/t37-,38+,39+,41-/m1/s1. The van der Waals surface area contributed by atoms with Gasteiger partial charge in [0.1, 0.15) is 31.6 Å². The summed E-state index contributed by atoms with van der Waals surface area (Å²) in [5.74, 6) is -1.63. The summed E-state index contributed by atoms with van der Waals surface area (Å²) in [6.07, 6.45) is 3.10. The zero-order valence-electron chi connectivity index (χ0n) is 31.5. The normalized spacial score (nSPS) is 12.8. The number of carbonyl (C=O) groups excluding carboxylic acids is 4. The van der Waals surface area contributed by atoms with Crippen LogP contribution in [0.1, 0.15) is 41.5 Å². The molecule has 56 heavy (non-hydrogen) atoms. The molecule has 0 fully saturated rings. The Morgan fingerprint density at radius 3 is 1.77 bits per heavy atom. The second-order valence-corrected chi connectivity index (χ2v) is 13.3. The van der Waals surface area contributed by atoms with Crippen LogP contribution in [0.15, 0.2) is 141 Å². The summed E-state index contributed by atoms with van der Waals surface area (Å²) in [7, 11) is 0. The first-order valence-corrected chi connectivity index (χ1v) is 18.6. The third kappa shape index (κ3) is 15.3. The van der Waals surface area contributed by atoms with Gasteiger partial charge in [0.2, 0.25) is 11.8 Å². The van der Waals surface area contributed by atoms with E-state index in [-0.39, 0.29) is 39.1 Å². The molecule has 0 heterocycles. The fraction of sp³-hybridized carbons (Fsp3) is 0.289. The summed E-state index contributed by atoms with van der Waals surface area (Å²) in [6.45, 7) is 7.42. The largest absolute Gasteiger partial charge is 0.489 e. The molecule has 294 valence electrons. The fourth-order valence-corrected chi connectivity index (χ4v) is 5.84. The van der Waals surface area contributed by atoms with Crippen LogP contribution >= 0.6 is 0 Å². The molecule has 4 atom stereocenters. The van der Waals surface area contributed by atoms with E-state index in [9.17, 15) is 24.3 Å². The highest BCUT2D eigenvalue weighted by Crippen LogP contribution is 2.17. The molecular weight excluding hydrogens is 711 g/mol. The molecule has 3 amide bonds. The molecule has 0 aliphatic carbocycles. The first-order chi connectivity index (χ1) is 27.3. The van der Waals surface area contributed by atoms with Gasteiger partial charge in [-0.15, -0.1) is 13.2 Å². The van der Waals surface area contributed by atoms with Crippen LogP contribution in [-0.4, -0.2) is 60.3 Å². The second kappa shape index (κ2) is 23.6. The molecule has 0 spiro atoms. The predicted octanol–water partition coefficient (Wildman–Crippen LogP) is 6.01. The van der Waals surface area contributed by atoms with Gasteiger partial charge < -0.3 is 35.3 Å². The van der Waals surface area contributed by atoms with Gasteiger partial charge in [-0.2, -0.15) is 0 Å². The zero-order valence-corrected chi connectivity index (χ0v) is 31.5. The van der Waals surface area contributed by atoms with E-state index in [0.29, 0.717) is 25.2 Å². The molecule has 4 rings (SSSR count). The van der Waals surface area contributed by atoms with Crippen molar-refractivity contribution in [3.8, 4) is 5.75 Å². The molecule has 4 aromatic carbocycles. The molecule has 0 bridgehead atoms. The van der Waals surface area contributed by atoms with E-state index in [1.54, 1.807) is 6.08 Å². The third-order valence-corrected chi connectivity index (χ3v) is 8.78. The highest BCUT2D eigenvalue weighted by Gasteiger charge is 2.27. The topological polar surface area (TPSA) is 152 Å². The van der Waals surface area contributed by atoms with Gasteiger partial charge in [-0.05, 0) is 60.1 Å². The van der Waals surface area contributed by atoms with Gasteiger partial charge in [0.05, 0.1) is 24.6 Å². The van der Waals surface area contributed by atoms with Crippen LogP contribution in [-0.2, 0) is 49.9 Å². The average Bonchev–Trinajstić information content (AvgIpc) is 3.22. The van der Waals surface area contributed by atoms with Crippen LogP contribution in [0.25, 0.3) is 0 Å². The maximum atomic E-state index is 13.7. The predicted molar refractivity (Wildman–Crippen MR) is 214 cm³/mol. The number of hydrogen-bond donors (Lipinski definition) is 4. The van der Waals surface area contributed by atoms with Crippen molar-refractivity contribution in [2.45, 2.75) is 63.4 Å². The highest BCUT2D eigenvalue weighted by molar-refractivity contribution is 5.86. The Morgan fingerprint density at radius 2 is 1.18 bits per heavy atom. The summed E-state index contributed by atoms with van der Waals surface area (Å²) >= 11 is 0. The minimum absolute atomic E-state index is 0.0256. The first-order valence-electron chi connectivity index (χ1n) is 18.6. The van der Waals surface area contributed by atoms with Crippen LogP contribution in [0.4, 0.5) is 4.79 Å². The van der Waals surface area contributed by atoms with E-state index in [0.717, 1.165) is 22.3 Å². The zero-order chi connectivity index (χ0) is 40.0. The van der Waals surface area contributed by atoms with Crippen LogP contribution in [0, 0.1) is 5.92 Å². The summed E-state index contributed by atoms with van der Waals surface area (Å²) < 4.78 is 16.8. The lowest BCUT2D eigenvalue weighted by Crippen LogP contribution is -2.47. The third-order valence-electron chi connectivity index (χ3n) is 8.78. The van der Waals surface area contributed by atoms with Gasteiger partial charge >= 0.3 is 12.1 Å². The van der Waals surface area contributed by atoms with E-state index in [4.69, 9.17) is 14.2 Å². The lowest BCUT2D eigenvalue weighted by molar-refractivity contribution is -0.147. The Balaban J connectivity index is 1.32. The van der Waals surface area contributed by atoms with Crippen molar-refractivity contribution in [3.05, 3.63) is 163 Å². The molecule has 0 aliphatic rings. The number of alkyl carbamates (subject to hydrolysis) is 1. The maximum absolute atomic E-state index is 13.7. The van der Waals surface area contributed by atoms with Gasteiger partial charge in [-0.1, -0.05) is 115 Å². The minimum Gasteiger partial charge on any atom is -0.489 e. The van der Waals surface area contributed by atoms with Gasteiger partial charge in [-0.25, -0.2) is 9.59 Å². The summed E-state index contributed by atoms with van der Waals surface area (Å²) in [4.78, 5) is 52.6. The number of aliphatic hydroxyl groups is 1. The molecule has 0 saturated carbocycles. The average molecular weight is 762 g/mol. The minimum atomic E-state index is -1.06. The van der Waals surface area contributed by atoms with E-state index in [1.807, 2.05) is 115 Å². The number of rotatable bonds is 23. The summed E-state index contributed by atoms with van der Waals surface area (Å²) in [5.41, 5.74) is 3.62. The Hall–Kier alpha value is -6.20. The van der Waals surface area contributed by atoms with Gasteiger partial charge in [0.25, 0.3) is 0 Å². The highest BCUT2D eigenvalue weighted by atomic mass is 16.6. The number of ether oxygens (including phenoxy) is 3. The first kappa shape index (κ1) is 42.5. The van der Waals surface area contributed by atoms with Crippen molar-refractivity contribution < 1.29 is 38.5 Å². The number of hydrogen-bond acceptors (Lipinski definition) is 8. The molecular formula is C45H51N3O8. The summed E-state index contributed by atoms with van der Waals surface area (Å²) in [5, 5.41) is 18.4. The number of amides is 3. The number of nitrogens with one attached hydrogen (secondary N) is 3. The molecule has 4 N–H and O–H groups in total. The van der Waals surface area contributed by atoms with Crippen molar-refractivity contribution in [1.29, 1.82) is 0 Å². The number of allylic oxidation sites excluding steroid dienone is 1. The van der Waals surface area contributed by atoms with Crippen molar-refractivity contribution in [3.63, 3.8) is 0 Å². The quantitative estimate of drug-likeness (QED) is 0.0530. The number of carbonyl (C=O) groups is 4. The van der Waals surface area contributed by atoms with E-state index in [2.05, 4.69) is 29.1 Å². The van der Waals surface area contributed by atoms with E-state index >= 15 is 0 Å². The van der Waals surface area contributed by atoms with Crippen molar-refractivity contribution in [1.82, 2.24) is 16.0 Å². The van der Waals surface area contributed by atoms with Crippen molar-refractivity contribution >= 4 is 23.9 Å². The molecule has 4 aromatic rings. The van der Waals surface area contributed by atoms with Gasteiger partial charge in [0.15, 0.2) is 0 Å². The number of benzene rings is 4. The Kier molecular flexibility index (Phi) is 17.9. The van der Waals surface area contributed by atoms with E-state index < -0.39 is 47.9 Å². The summed E-state index contributed by atoms with van der Waals surface area (Å²) in [6, 6.07) is 33.5. The van der Waals surface area contributed by atoms with Crippen LogP contribution in [0.5, 0.6) is 5.75 Å². The SMILES string of the molecule is C=CC[C@H](CC(=O)N[C@H](CO)Cc1ccc(OCc2ccccc2)cc1)C(=O)N[C@H](COC(=O)[C@@H](CC=C)NC(=O)OCc1ccccc1)Cc1ccccc1. The number of aliphatic hydroxyl groups excluding tert-OH is 1. The molecule has 0 saturated heterocycles. The molecule has 0 aromatic heterocycles. The fourth-order valence-electron chi connectivity index (χ4n) is 5.84. The molecule has 11 heteroatoms. The van der Waals surface area contributed by atoms with E-state index in [1.165, 1.54) is 6.08 Å². The molecule has 0 aliphatic heterocycles. The Morgan fingerprint density at radius 1 is 0.625 bits per heavy atom. The lowest BCUT2D eigenvalue weighted by Gasteiger charge is -2.24. The van der Waals surface area contributed by atoms with Gasteiger partial charge in [-0.3, -0.25) is 9.59 Å². The maximum Gasteiger partial charge on any atom is 0.408 e. The van der Waals surface area contributed by atoms with Crippen LogP contribution < -0.4 is 20.7 Å². The lowest BCUT2D eigenvalue weighted by atomic mass is 9.98. The van der Waals surface area contributed by atoms with Crippen molar-refractivity contribution in [2.75, 3.05) is 13.2 Å². The Bertz CT molecular complexity index is 1820. The monoisotopic (exact) mass is 761 g/mol. The van der Waals surface area contributed by atoms with Crippen molar-refractivity contribution in [2.24, 2.45) is 5.92 Å². The number of esters is 1. The van der Waals surface area contributed by atoms with Crippen LogP contribution in [0.2, 0.25) is 0 Å². The second-order valence-electron chi connectivity index (χ2n) is 13.3. The van der Waals surface area contributed by atoms with Crippen LogP contribution in [0.3, 0.4) is 0 Å².